The Kier molecular flexibility index (Phi) is 3.61. The normalized spacial score (nSPS) is 17.4. The highest BCUT2D eigenvalue weighted by Gasteiger charge is 2.30. The number of aryl methyl sites for hydroxylation is 2. The van der Waals surface area contributed by atoms with E-state index in [9.17, 15) is 0 Å². The molecule has 1 aliphatic heterocycles. The zero-order valence-electron chi connectivity index (χ0n) is 14.0. The average Bonchev–Trinajstić information content (AvgIpc) is 2.82. The molecule has 3 heterocycles. The van der Waals surface area contributed by atoms with Gasteiger partial charge >= 0.3 is 0 Å². The average molecular weight is 296 g/mol. The zero-order chi connectivity index (χ0) is 15.9. The molecule has 0 radical (unpaired) electrons. The van der Waals surface area contributed by atoms with Crippen molar-refractivity contribution in [1.82, 2.24) is 4.90 Å². The minimum absolute atomic E-state index is 0.327. The maximum absolute atomic E-state index is 2.29. The largest absolute Gasteiger partial charge is 0.339 e. The van der Waals surface area contributed by atoms with Crippen LogP contribution in [0.25, 0.3) is 11.4 Å². The molecule has 22 heavy (non-hydrogen) atoms. The van der Waals surface area contributed by atoms with Crippen LogP contribution >= 0.6 is 0 Å². The molecule has 114 valence electrons. The second-order valence-corrected chi connectivity index (χ2v) is 6.03. The maximum Gasteiger partial charge on any atom is 0.283 e. The maximum atomic E-state index is 2.29. The third-order valence-electron chi connectivity index (χ3n) is 4.49. The first kappa shape index (κ1) is 14.6. The Morgan fingerprint density at radius 3 is 2.50 bits per heavy atom. The lowest BCUT2D eigenvalue weighted by atomic mass is 10.1. The van der Waals surface area contributed by atoms with Crippen molar-refractivity contribution in [2.24, 2.45) is 14.1 Å². The molecule has 2 aromatic rings. The molecule has 0 aliphatic carbocycles. The SMILES string of the molecule is Cc1cc[n+](C)c(-c2cccc(N3C=CN(C)[C@@H]3C)[n+]2C)c1. The number of pyridine rings is 2. The molecule has 0 saturated carbocycles. The summed E-state index contributed by atoms with van der Waals surface area (Å²) >= 11 is 0. The van der Waals surface area contributed by atoms with Crippen LogP contribution in [0.4, 0.5) is 5.82 Å². The van der Waals surface area contributed by atoms with Crippen LogP contribution in [0.2, 0.25) is 0 Å². The quantitative estimate of drug-likeness (QED) is 0.786. The molecule has 0 saturated heterocycles. The molecule has 3 rings (SSSR count). The second-order valence-electron chi connectivity index (χ2n) is 6.03. The number of aromatic nitrogens is 2. The van der Waals surface area contributed by atoms with Crippen LogP contribution in [0, 0.1) is 6.92 Å². The van der Waals surface area contributed by atoms with Gasteiger partial charge in [-0.15, -0.1) is 0 Å². The van der Waals surface area contributed by atoms with Crippen LogP contribution < -0.4 is 14.0 Å². The van der Waals surface area contributed by atoms with E-state index in [4.69, 9.17) is 0 Å². The van der Waals surface area contributed by atoms with Crippen molar-refractivity contribution >= 4 is 5.82 Å². The second kappa shape index (κ2) is 5.44. The molecule has 0 N–H and O–H groups in total. The van der Waals surface area contributed by atoms with E-state index in [0.29, 0.717) is 6.17 Å². The lowest BCUT2D eigenvalue weighted by Crippen LogP contribution is -2.45. The van der Waals surface area contributed by atoms with Gasteiger partial charge in [0, 0.05) is 31.4 Å². The smallest absolute Gasteiger partial charge is 0.283 e. The van der Waals surface area contributed by atoms with Crippen LogP contribution in [-0.2, 0) is 14.1 Å². The predicted octanol–water partition coefficient (Wildman–Crippen LogP) is 1.88. The fourth-order valence-electron chi connectivity index (χ4n) is 2.91. The van der Waals surface area contributed by atoms with Crippen LogP contribution in [0.3, 0.4) is 0 Å². The Balaban J connectivity index is 2.10. The summed E-state index contributed by atoms with van der Waals surface area (Å²) in [4.78, 5) is 4.50. The monoisotopic (exact) mass is 296 g/mol. The van der Waals surface area contributed by atoms with Gasteiger partial charge in [-0.05, 0) is 31.5 Å². The van der Waals surface area contributed by atoms with Gasteiger partial charge in [0.2, 0.25) is 0 Å². The van der Waals surface area contributed by atoms with E-state index in [1.807, 2.05) is 0 Å². The van der Waals surface area contributed by atoms with Crippen LogP contribution in [0.5, 0.6) is 0 Å². The molecule has 4 nitrogen and oxygen atoms in total. The van der Waals surface area contributed by atoms with Crippen molar-refractivity contribution in [3.8, 4) is 11.4 Å². The van der Waals surface area contributed by atoms with Crippen molar-refractivity contribution in [3.63, 3.8) is 0 Å². The van der Waals surface area contributed by atoms with Crippen molar-refractivity contribution in [2.45, 2.75) is 20.0 Å². The number of hydrogen-bond donors (Lipinski definition) is 0. The Morgan fingerprint density at radius 1 is 1.05 bits per heavy atom. The standard InChI is InChI=1S/C18H24N4/c1-14-9-10-20(4)17(13-14)16-7-6-8-18(21(16)5)22-12-11-19(3)15(22)2/h6-13,15H,1-5H3/q+2/t15-/m0/s1. The molecule has 0 amide bonds. The minimum atomic E-state index is 0.327. The lowest BCUT2D eigenvalue weighted by molar-refractivity contribution is -0.684. The molecule has 0 spiro atoms. The summed E-state index contributed by atoms with van der Waals surface area (Å²) in [7, 11) is 6.32. The highest BCUT2D eigenvalue weighted by atomic mass is 15.4. The molecule has 0 aromatic carbocycles. The first-order valence-corrected chi connectivity index (χ1v) is 7.63. The number of nitrogens with zero attached hydrogens (tertiary/aromatic N) is 4. The van der Waals surface area contributed by atoms with Gasteiger partial charge in [0.25, 0.3) is 11.5 Å². The Labute approximate surface area is 132 Å². The Hall–Kier alpha value is -2.36. The third kappa shape index (κ3) is 2.34. The lowest BCUT2D eigenvalue weighted by Gasteiger charge is -2.21. The molecule has 0 bridgehead atoms. The summed E-state index contributed by atoms with van der Waals surface area (Å²) in [5, 5.41) is 0. The summed E-state index contributed by atoms with van der Waals surface area (Å²) < 4.78 is 4.43. The van der Waals surface area contributed by atoms with Gasteiger partial charge in [0.1, 0.15) is 13.2 Å². The van der Waals surface area contributed by atoms with E-state index >= 15 is 0 Å². The zero-order valence-corrected chi connectivity index (χ0v) is 14.0. The van der Waals surface area contributed by atoms with Crippen LogP contribution in [0.1, 0.15) is 12.5 Å². The number of rotatable bonds is 2. The van der Waals surface area contributed by atoms with E-state index in [-0.39, 0.29) is 0 Å². The molecular weight excluding hydrogens is 272 g/mol. The summed E-state index contributed by atoms with van der Waals surface area (Å²) in [5.74, 6) is 1.19. The minimum Gasteiger partial charge on any atom is -0.339 e. The highest BCUT2D eigenvalue weighted by Crippen LogP contribution is 2.22. The molecule has 0 fully saturated rings. The number of hydrogen-bond acceptors (Lipinski definition) is 2. The molecule has 1 aliphatic rings. The van der Waals surface area contributed by atoms with Gasteiger partial charge in [0.05, 0.1) is 7.05 Å². The summed E-state index contributed by atoms with van der Waals surface area (Å²) in [6, 6.07) is 10.8. The third-order valence-corrected chi connectivity index (χ3v) is 4.49. The van der Waals surface area contributed by atoms with Gasteiger partial charge < -0.3 is 4.90 Å². The topological polar surface area (TPSA) is 14.2 Å². The van der Waals surface area contributed by atoms with Crippen molar-refractivity contribution < 1.29 is 9.13 Å². The van der Waals surface area contributed by atoms with E-state index in [1.54, 1.807) is 0 Å². The Bertz CT molecular complexity index is 736. The summed E-state index contributed by atoms with van der Waals surface area (Å²) in [6.07, 6.45) is 6.70. The molecule has 4 heteroatoms. The van der Waals surface area contributed by atoms with Gasteiger partial charge in [-0.2, -0.15) is 4.57 Å². The first-order chi connectivity index (χ1) is 10.5. The van der Waals surface area contributed by atoms with Crippen molar-refractivity contribution in [1.29, 1.82) is 0 Å². The molecule has 1 atom stereocenters. The Morgan fingerprint density at radius 2 is 1.82 bits per heavy atom. The summed E-state index contributed by atoms with van der Waals surface area (Å²) in [6.45, 7) is 4.34. The fraction of sp³-hybridized carbons (Fsp3) is 0.333. The molecule has 0 unspecified atom stereocenters. The van der Waals surface area contributed by atoms with Crippen molar-refractivity contribution in [3.05, 3.63) is 54.5 Å². The first-order valence-electron chi connectivity index (χ1n) is 7.63. The van der Waals surface area contributed by atoms with Gasteiger partial charge in [-0.1, -0.05) is 0 Å². The van der Waals surface area contributed by atoms with E-state index in [2.05, 4.69) is 103 Å². The predicted molar refractivity (Wildman–Crippen MR) is 87.8 cm³/mol. The van der Waals surface area contributed by atoms with E-state index < -0.39 is 0 Å². The highest BCUT2D eigenvalue weighted by molar-refractivity contribution is 5.51. The fourth-order valence-corrected chi connectivity index (χ4v) is 2.91. The molecular formula is C18H24N4+2. The van der Waals surface area contributed by atoms with Crippen molar-refractivity contribution in [2.75, 3.05) is 11.9 Å². The van der Waals surface area contributed by atoms with E-state index in [1.165, 1.54) is 22.8 Å². The molecule has 2 aromatic heterocycles. The van der Waals surface area contributed by atoms with Gasteiger partial charge in [0.15, 0.2) is 18.1 Å². The van der Waals surface area contributed by atoms with Gasteiger partial charge in [-0.3, -0.25) is 0 Å². The van der Waals surface area contributed by atoms with Crippen LogP contribution in [-0.4, -0.2) is 18.1 Å². The van der Waals surface area contributed by atoms with E-state index in [0.717, 1.165) is 0 Å². The van der Waals surface area contributed by atoms with Gasteiger partial charge in [-0.25, -0.2) is 9.47 Å². The number of anilines is 1. The summed E-state index contributed by atoms with van der Waals surface area (Å²) in [5.41, 5.74) is 3.69. The van der Waals surface area contributed by atoms with Crippen LogP contribution in [0.15, 0.2) is 48.9 Å².